The number of nitrogens with one attached hydrogen (secondary N) is 1. The predicted molar refractivity (Wildman–Crippen MR) is 136 cm³/mol. The maximum absolute atomic E-state index is 10.8. The number of phenolic OH excluding ortho intramolecular Hbond substituents is 1. The van der Waals surface area contributed by atoms with Gasteiger partial charge in [0, 0.05) is 23.3 Å². The molecule has 4 rings (SSSR count). The number of hydrogen-bond donors (Lipinski definition) is 4. The van der Waals surface area contributed by atoms with Crippen molar-refractivity contribution < 1.29 is 29.6 Å². The monoisotopic (exact) mass is 482 g/mol. The van der Waals surface area contributed by atoms with Gasteiger partial charge in [-0.3, -0.25) is 0 Å². The van der Waals surface area contributed by atoms with Crippen LogP contribution in [-0.2, 0) is 9.59 Å². The van der Waals surface area contributed by atoms with Gasteiger partial charge in [0.15, 0.2) is 11.5 Å². The number of carboxylic acid groups (broad SMARTS) is 2. The molecule has 0 unspecified atom stereocenters. The van der Waals surface area contributed by atoms with Crippen LogP contribution in [0.5, 0.6) is 11.5 Å². The number of benzene rings is 3. The average molecular weight is 482 g/mol. The van der Waals surface area contributed by atoms with E-state index < -0.39 is 11.9 Å². The number of carbonyl (C=O) groups is 2. The lowest BCUT2D eigenvalue weighted by Crippen LogP contribution is -1.87. The molecule has 1 aromatic heterocycles. The lowest BCUT2D eigenvalue weighted by molar-refractivity contribution is -0.132. The van der Waals surface area contributed by atoms with Crippen molar-refractivity contribution in [1.29, 1.82) is 0 Å². The van der Waals surface area contributed by atoms with Gasteiger partial charge in [-0.2, -0.15) is 0 Å². The number of nitrogens with zero attached hydrogens (tertiary/aromatic N) is 1. The molecular weight excluding hydrogens is 460 g/mol. The quantitative estimate of drug-likeness (QED) is 0.250. The van der Waals surface area contributed by atoms with Crippen molar-refractivity contribution in [3.8, 4) is 45.4 Å². The molecule has 36 heavy (non-hydrogen) atoms. The zero-order valence-corrected chi connectivity index (χ0v) is 19.2. The fraction of sp³-hybridized carbons (Fsp3) is 0.0357. The summed E-state index contributed by atoms with van der Waals surface area (Å²) >= 11 is 0. The van der Waals surface area contributed by atoms with E-state index in [4.69, 9.17) is 19.9 Å². The van der Waals surface area contributed by atoms with Crippen LogP contribution in [0.3, 0.4) is 0 Å². The Kier molecular flexibility index (Phi) is 6.97. The van der Waals surface area contributed by atoms with E-state index >= 15 is 0 Å². The number of ether oxygens (including phenoxy) is 1. The number of para-hydroxylation sites is 1. The first-order chi connectivity index (χ1) is 17.4. The van der Waals surface area contributed by atoms with Gasteiger partial charge < -0.3 is 25.0 Å². The van der Waals surface area contributed by atoms with Crippen LogP contribution in [0, 0.1) is 0 Å². The van der Waals surface area contributed by atoms with Crippen molar-refractivity contribution >= 4 is 24.1 Å². The molecule has 4 aromatic rings. The summed E-state index contributed by atoms with van der Waals surface area (Å²) in [7, 11) is 1.47. The van der Waals surface area contributed by atoms with Gasteiger partial charge in [-0.1, -0.05) is 54.6 Å². The molecule has 0 aliphatic heterocycles. The summed E-state index contributed by atoms with van der Waals surface area (Å²) < 4.78 is 5.23. The van der Waals surface area contributed by atoms with E-state index in [1.807, 2.05) is 24.3 Å². The van der Waals surface area contributed by atoms with Crippen LogP contribution in [0.25, 0.3) is 46.1 Å². The number of rotatable bonds is 8. The first-order valence-corrected chi connectivity index (χ1v) is 10.8. The second-order valence-corrected chi connectivity index (χ2v) is 7.75. The zero-order valence-electron chi connectivity index (χ0n) is 19.2. The molecule has 8 nitrogen and oxygen atoms in total. The summed E-state index contributed by atoms with van der Waals surface area (Å²) in [5.74, 6) is -1.36. The van der Waals surface area contributed by atoms with Crippen LogP contribution in [0.4, 0.5) is 0 Å². The number of aromatic hydroxyl groups is 1. The molecule has 0 saturated heterocycles. The van der Waals surface area contributed by atoms with Gasteiger partial charge in [0.05, 0.1) is 24.1 Å². The number of methoxy groups -OCH3 is 1. The number of H-pyrrole nitrogens is 1. The standard InChI is InChI=1S/C28H22N2O6/c1-36-22-4-2-3-21(27(22)35)28-29-25(19-11-5-17(6-12-19)9-15-23(31)32)26(30-28)20-13-7-18(8-14-20)10-16-24(33)34/h2-16,35H,1H3,(H,29,30)(H,31,32)(H,33,34). The molecule has 3 aromatic carbocycles. The van der Waals surface area contributed by atoms with Crippen LogP contribution in [0.2, 0.25) is 0 Å². The first-order valence-electron chi connectivity index (χ1n) is 10.8. The highest BCUT2D eigenvalue weighted by Crippen LogP contribution is 2.39. The third-order valence-electron chi connectivity index (χ3n) is 5.40. The maximum atomic E-state index is 10.8. The van der Waals surface area contributed by atoms with Gasteiger partial charge in [-0.05, 0) is 35.4 Å². The normalized spacial score (nSPS) is 11.2. The van der Waals surface area contributed by atoms with E-state index in [1.165, 1.54) is 19.3 Å². The minimum Gasteiger partial charge on any atom is -0.504 e. The summed E-state index contributed by atoms with van der Waals surface area (Å²) in [5.41, 5.74) is 4.79. The Bertz CT molecular complexity index is 1380. The molecule has 180 valence electrons. The minimum absolute atomic E-state index is 0.0461. The highest BCUT2D eigenvalue weighted by molar-refractivity contribution is 5.87. The Morgan fingerprint density at radius 2 is 1.39 bits per heavy atom. The first kappa shape index (κ1) is 24.0. The molecule has 0 bridgehead atoms. The molecule has 0 aliphatic carbocycles. The largest absolute Gasteiger partial charge is 0.504 e. The Labute approximate surface area is 206 Å². The fourth-order valence-corrected chi connectivity index (χ4v) is 3.64. The van der Waals surface area contributed by atoms with Crippen LogP contribution in [0.1, 0.15) is 11.1 Å². The Morgan fingerprint density at radius 3 is 1.92 bits per heavy atom. The number of imidazole rings is 1. The summed E-state index contributed by atoms with van der Waals surface area (Å²) in [6.45, 7) is 0. The summed E-state index contributed by atoms with van der Waals surface area (Å²) in [5, 5.41) is 28.4. The number of carboxylic acids is 2. The molecule has 0 radical (unpaired) electrons. The van der Waals surface area contributed by atoms with Gasteiger partial charge in [0.1, 0.15) is 5.82 Å². The van der Waals surface area contributed by atoms with Gasteiger partial charge in [0.2, 0.25) is 0 Å². The molecule has 8 heteroatoms. The molecule has 0 saturated carbocycles. The molecule has 0 amide bonds. The lowest BCUT2D eigenvalue weighted by Gasteiger charge is -2.06. The average Bonchev–Trinajstić information content (AvgIpc) is 3.32. The van der Waals surface area contributed by atoms with E-state index in [2.05, 4.69) is 4.98 Å². The topological polar surface area (TPSA) is 133 Å². The highest BCUT2D eigenvalue weighted by Gasteiger charge is 2.18. The van der Waals surface area contributed by atoms with Crippen molar-refractivity contribution in [2.75, 3.05) is 7.11 Å². The minimum atomic E-state index is -1.03. The zero-order chi connectivity index (χ0) is 25.7. The van der Waals surface area contributed by atoms with Crippen molar-refractivity contribution in [2.45, 2.75) is 0 Å². The Morgan fingerprint density at radius 1 is 0.833 bits per heavy atom. The number of aromatic nitrogens is 2. The summed E-state index contributed by atoms with van der Waals surface area (Å²) in [6.07, 6.45) is 5.14. The van der Waals surface area contributed by atoms with Gasteiger partial charge in [-0.15, -0.1) is 0 Å². The molecular formula is C28H22N2O6. The van der Waals surface area contributed by atoms with E-state index in [0.717, 1.165) is 34.4 Å². The molecule has 0 aliphatic rings. The molecule has 4 N–H and O–H groups in total. The van der Waals surface area contributed by atoms with E-state index in [-0.39, 0.29) is 5.75 Å². The molecule has 0 atom stereocenters. The Balaban J connectivity index is 1.81. The number of phenols is 1. The molecule has 1 heterocycles. The van der Waals surface area contributed by atoms with Crippen molar-refractivity contribution in [3.63, 3.8) is 0 Å². The van der Waals surface area contributed by atoms with Crippen molar-refractivity contribution in [3.05, 3.63) is 90.0 Å². The summed E-state index contributed by atoms with van der Waals surface area (Å²) in [4.78, 5) is 29.7. The second-order valence-electron chi connectivity index (χ2n) is 7.75. The Hall–Kier alpha value is -5.11. The van der Waals surface area contributed by atoms with Crippen LogP contribution >= 0.6 is 0 Å². The SMILES string of the molecule is COc1cccc(-c2nc(-c3ccc(C=CC(=O)O)cc3)c(-c3ccc(C=CC(=O)O)cc3)[nH]2)c1O. The number of aliphatic carboxylic acids is 2. The third kappa shape index (κ3) is 5.34. The lowest BCUT2D eigenvalue weighted by atomic mass is 10.0. The van der Waals surface area contributed by atoms with E-state index in [0.29, 0.717) is 28.5 Å². The van der Waals surface area contributed by atoms with Gasteiger partial charge in [-0.25, -0.2) is 14.6 Å². The van der Waals surface area contributed by atoms with Crippen molar-refractivity contribution in [1.82, 2.24) is 9.97 Å². The van der Waals surface area contributed by atoms with Crippen LogP contribution in [-0.4, -0.2) is 44.3 Å². The highest BCUT2D eigenvalue weighted by atomic mass is 16.5. The predicted octanol–water partition coefficient (Wildman–Crippen LogP) is 5.32. The van der Waals surface area contributed by atoms with E-state index in [9.17, 15) is 14.7 Å². The van der Waals surface area contributed by atoms with Crippen LogP contribution in [0.15, 0.2) is 78.9 Å². The molecule has 0 fully saturated rings. The van der Waals surface area contributed by atoms with Gasteiger partial charge >= 0.3 is 11.9 Å². The number of aromatic amines is 1. The van der Waals surface area contributed by atoms with Crippen LogP contribution < -0.4 is 4.74 Å². The second kappa shape index (κ2) is 10.4. The number of hydrogen-bond acceptors (Lipinski definition) is 5. The third-order valence-corrected chi connectivity index (χ3v) is 5.40. The summed E-state index contributed by atoms with van der Waals surface area (Å²) in [6, 6.07) is 19.6. The maximum Gasteiger partial charge on any atom is 0.328 e. The van der Waals surface area contributed by atoms with Gasteiger partial charge in [0.25, 0.3) is 0 Å². The smallest absolute Gasteiger partial charge is 0.328 e. The molecule has 0 spiro atoms. The fourth-order valence-electron chi connectivity index (χ4n) is 3.64. The van der Waals surface area contributed by atoms with E-state index in [1.54, 1.807) is 42.5 Å². The van der Waals surface area contributed by atoms with Crippen molar-refractivity contribution in [2.24, 2.45) is 0 Å².